The first-order valence-electron chi connectivity index (χ1n) is 48.1. The van der Waals surface area contributed by atoms with E-state index in [1.807, 2.05) is 121 Å². The molecule has 22 nitrogen and oxygen atoms in total. The third-order valence-electron chi connectivity index (χ3n) is 18.6. The minimum atomic E-state index is -0.246. The molecule has 0 aliphatic heterocycles. The van der Waals surface area contributed by atoms with Crippen LogP contribution in [0.2, 0.25) is 0 Å². The molecule has 29 heteroatoms. The van der Waals surface area contributed by atoms with Crippen molar-refractivity contribution in [2.24, 2.45) is 59.6 Å². The molecule has 0 unspecified atom stereocenters. The predicted molar refractivity (Wildman–Crippen MR) is 587 cm³/mol. The molecule has 3 aromatic rings. The highest BCUT2D eigenvalue weighted by Gasteiger charge is 2.27. The van der Waals surface area contributed by atoms with Crippen LogP contribution in [0.1, 0.15) is 404 Å². The number of hydrogen-bond donors (Lipinski definition) is 4. The monoisotopic (exact) mass is 2000 g/mol. The van der Waals surface area contributed by atoms with Gasteiger partial charge in [0.25, 0.3) is 0 Å². The average molecular weight is 2000 g/mol. The molecule has 0 aliphatic rings. The van der Waals surface area contributed by atoms with Crippen LogP contribution in [0, 0.1) is 59.6 Å². The van der Waals surface area contributed by atoms with Crippen LogP contribution < -0.4 is 21.3 Å². The molecule has 0 saturated heterocycles. The van der Waals surface area contributed by atoms with Crippen LogP contribution in [0.15, 0.2) is 24.8 Å². The fourth-order valence-corrected chi connectivity index (χ4v) is 12.6. The van der Waals surface area contributed by atoms with E-state index < -0.39 is 0 Å². The third-order valence-corrected chi connectivity index (χ3v) is 22.7. The molecule has 0 atom stereocenters. The molecule has 3 aromatic heterocycles. The van der Waals surface area contributed by atoms with Crippen LogP contribution in [0.3, 0.4) is 0 Å². The fourth-order valence-electron chi connectivity index (χ4n) is 10.6. The van der Waals surface area contributed by atoms with E-state index in [4.69, 9.17) is 114 Å². The van der Waals surface area contributed by atoms with Gasteiger partial charge in [-0.15, -0.1) is 10.2 Å². The molecule has 0 aliphatic carbocycles. The van der Waals surface area contributed by atoms with Crippen molar-refractivity contribution >= 4 is 144 Å². The van der Waals surface area contributed by atoms with E-state index in [1.165, 1.54) is 9.73 Å². The topological polar surface area (TPSA) is 251 Å². The number of rotatable bonds is 41. The number of esters is 2. The fraction of sp³-hybridized carbons (Fsp3) is 0.827. The zero-order valence-corrected chi connectivity index (χ0v) is 97.8. The van der Waals surface area contributed by atoms with E-state index in [1.54, 1.807) is 15.6 Å². The minimum Gasteiger partial charge on any atom is -0.461 e. The molecule has 0 amide bonds. The molecule has 0 radical (unpaired) electrons. The van der Waals surface area contributed by atoms with E-state index >= 15 is 0 Å². The first kappa shape index (κ1) is 135. The second kappa shape index (κ2) is 63.3. The zero-order valence-electron chi connectivity index (χ0n) is 92.0. The first-order chi connectivity index (χ1) is 59.8. The lowest BCUT2D eigenvalue weighted by atomic mass is 9.85. The van der Waals surface area contributed by atoms with Gasteiger partial charge in [-0.05, 0) is 209 Å². The lowest BCUT2D eigenvalue weighted by molar-refractivity contribution is -0.148. The number of Topliss-reactive ketones (excluding diaryl/α,β-unsaturated/α-hetero) is 2. The van der Waals surface area contributed by atoms with Crippen molar-refractivity contribution in [3.05, 3.63) is 41.7 Å². The van der Waals surface area contributed by atoms with Crippen LogP contribution in [-0.4, -0.2) is 176 Å². The van der Waals surface area contributed by atoms with Crippen molar-refractivity contribution in [1.29, 1.82) is 0 Å². The van der Waals surface area contributed by atoms with Gasteiger partial charge in [-0.3, -0.25) is 23.9 Å². The summed E-state index contributed by atoms with van der Waals surface area (Å²) in [7, 11) is 0. The maximum atomic E-state index is 11.7. The molecule has 0 spiro atoms. The van der Waals surface area contributed by atoms with Crippen molar-refractivity contribution in [3.63, 3.8) is 0 Å². The summed E-state index contributed by atoms with van der Waals surface area (Å²) >= 11 is 37.3. The Balaban J connectivity index is -0.000000735. The Morgan fingerprint density at radius 2 is 0.699 bits per heavy atom. The van der Waals surface area contributed by atoms with E-state index in [-0.39, 0.29) is 96.3 Å². The van der Waals surface area contributed by atoms with Gasteiger partial charge in [0.15, 0.2) is 5.11 Å². The van der Waals surface area contributed by atoms with Gasteiger partial charge in [-0.1, -0.05) is 312 Å². The summed E-state index contributed by atoms with van der Waals surface area (Å²) < 4.78 is 38.0. The normalized spacial score (nSPS) is 12.4. The standard InChI is InChI=1S/C18H35NO2S2.C17H30N4O2S.C17H33NO3S.C14H26S2.C13H23N3O2.C13H24OS.C12H23N3/c1-17(2,3)14-15(22)8-7-10-20-12-13-21-11-9-19-16(23)18(4,5)6;1-16(2,3)9-14(22)23-12-13-10-19-21(11-13)8-7-18-15(24)20-17(4,5)6;1-16(2,3)14(19)8-7-10-20-12-13-21-11-9-18-15(22)17(4,5)6;1-13(2,3)10-11(15)8-7-9-12(16)14(4,5)6;1-12(2,3)7-11(17)18-9-10-8-16(15-14-10)13(4,5)6;1-12(2,3)10(14)8-7-9-11(15)13(4,5)6;1-11(2,3)8-7-10-9-15(14-13-10)12(4,5)6/h7-14H2,1-6H3,(H,19,23);10-11H,7-9,12H2,1-6H3,(H2,18,20,24);7-13H2,1-6H3,(H,18,22);7-10H2,1-6H3;8H,7,9H2,1-6H3;7-9H2,1-6H3;9H,7-8H2,1-6H3. The van der Waals surface area contributed by atoms with Gasteiger partial charge in [0.2, 0.25) is 0 Å². The van der Waals surface area contributed by atoms with E-state index in [0.29, 0.717) is 112 Å². The van der Waals surface area contributed by atoms with Gasteiger partial charge >= 0.3 is 11.9 Å². The molecule has 3 heterocycles. The maximum absolute atomic E-state index is 11.7. The number of thiocarbonyl (C=S) groups is 7. The largest absolute Gasteiger partial charge is 0.461 e. The number of aromatic nitrogens is 8. The van der Waals surface area contributed by atoms with Crippen molar-refractivity contribution in [2.45, 2.75) is 430 Å². The quantitative estimate of drug-likeness (QED) is 0.0234. The van der Waals surface area contributed by atoms with Crippen molar-refractivity contribution < 1.29 is 47.6 Å². The third kappa shape index (κ3) is 83.0. The van der Waals surface area contributed by atoms with E-state index in [9.17, 15) is 19.2 Å². The van der Waals surface area contributed by atoms with Crippen LogP contribution >= 0.6 is 85.5 Å². The number of ether oxygens (including phenoxy) is 6. The summed E-state index contributed by atoms with van der Waals surface area (Å²) in [6, 6.07) is 0. The van der Waals surface area contributed by atoms with Gasteiger partial charge < -0.3 is 49.7 Å². The number of carbonyl (C=O) groups excluding carboxylic acids is 4. The Morgan fingerprint density at radius 3 is 1.05 bits per heavy atom. The van der Waals surface area contributed by atoms with Crippen molar-refractivity contribution in [1.82, 2.24) is 61.0 Å². The zero-order chi connectivity index (χ0) is 104. The van der Waals surface area contributed by atoms with Gasteiger partial charge in [-0.25, -0.2) is 9.36 Å². The molecular weight excluding hydrogens is 1800 g/mol. The Morgan fingerprint density at radius 1 is 0.353 bits per heavy atom. The summed E-state index contributed by atoms with van der Waals surface area (Å²) in [5.41, 5.74) is 3.21. The van der Waals surface area contributed by atoms with Crippen LogP contribution in [0.4, 0.5) is 0 Å². The van der Waals surface area contributed by atoms with Crippen molar-refractivity contribution in [3.8, 4) is 0 Å². The smallest absolute Gasteiger partial charge is 0.306 e. The summed E-state index contributed by atoms with van der Waals surface area (Å²) in [6.07, 6.45) is 21.5. The number of hydrogen-bond acceptors (Lipinski definition) is 22. The molecule has 772 valence electrons. The van der Waals surface area contributed by atoms with Gasteiger partial charge in [0, 0.05) is 90.8 Å². The highest BCUT2D eigenvalue weighted by molar-refractivity contribution is 7.81. The molecule has 3 rings (SSSR count). The SMILES string of the molecule is CC(C)(C)C(=O)CCCC(=S)C(C)(C)C.CC(C)(C)C(=O)CCCOCCOCCNC(=S)C(C)(C)C.CC(C)(C)CC(=O)OCc1cn(C(C)(C)C)nn1.CC(C)(C)CC(=O)OCc1cnn(CCNC(=S)NC(C)(C)C)c1.CC(C)(C)CC(=S)CCCC(=S)C(C)(C)C.CC(C)(C)CC(=S)CCCOCCOCCNC(=S)C(C)(C)C.CC(C)(C)CCc1cn(C(C)(C)C)nn1. The number of nitrogens with zero attached hydrogens (tertiary/aromatic N) is 8. The molecule has 0 aromatic carbocycles. The summed E-state index contributed by atoms with van der Waals surface area (Å²) in [6.45, 7) is 96.4. The molecule has 133 heavy (non-hydrogen) atoms. The molecule has 4 N–H and O–H groups in total. The molecule has 0 saturated carbocycles. The van der Waals surface area contributed by atoms with E-state index in [2.05, 4.69) is 240 Å². The van der Waals surface area contributed by atoms with Crippen LogP contribution in [-0.2, 0) is 84.9 Å². The summed E-state index contributed by atoms with van der Waals surface area (Å²) in [5, 5.41) is 34.0. The Kier molecular flexibility index (Phi) is 64.1. The Labute approximate surface area is 849 Å². The highest BCUT2D eigenvalue weighted by atomic mass is 32.1. The number of nitrogens with one attached hydrogen (secondary N) is 4. The number of ketones is 2. The molecular formula is C104H194N12O10S7. The Hall–Kier alpha value is -4.56. The lowest BCUT2D eigenvalue weighted by Gasteiger charge is -2.23. The Bertz CT molecular complexity index is 3800. The summed E-state index contributed by atoms with van der Waals surface area (Å²) in [4.78, 5) is 53.0. The van der Waals surface area contributed by atoms with Crippen molar-refractivity contribution in [2.75, 3.05) is 72.5 Å². The van der Waals surface area contributed by atoms with Gasteiger partial charge in [0.1, 0.15) is 30.5 Å². The molecule has 0 fully saturated rings. The average Bonchev–Trinajstić information content (AvgIpc) is 1.71. The van der Waals surface area contributed by atoms with Crippen LogP contribution in [0.25, 0.3) is 0 Å². The van der Waals surface area contributed by atoms with Gasteiger partial charge in [0.05, 0.1) is 98.2 Å². The van der Waals surface area contributed by atoms with Gasteiger partial charge in [-0.2, -0.15) is 5.10 Å². The second-order valence-corrected chi connectivity index (χ2v) is 53.2. The second-order valence-electron chi connectivity index (χ2n) is 49.9. The first-order valence-corrected chi connectivity index (χ1v) is 51.0. The minimum absolute atomic E-state index is 0.00291. The number of aryl methyl sites for hydroxylation is 1. The highest BCUT2D eigenvalue weighted by Crippen LogP contribution is 2.29. The molecule has 0 bridgehead atoms. The summed E-state index contributed by atoms with van der Waals surface area (Å²) in [5.74, 6) is 0.232. The predicted octanol–water partition coefficient (Wildman–Crippen LogP) is 25.7. The number of carbonyl (C=O) groups is 4. The van der Waals surface area contributed by atoms with Crippen LogP contribution in [0.5, 0.6) is 0 Å². The lowest BCUT2D eigenvalue weighted by Crippen LogP contribution is -2.46. The maximum Gasteiger partial charge on any atom is 0.306 e. The van der Waals surface area contributed by atoms with E-state index in [0.717, 1.165) is 128 Å².